The number of hydrogen-bond donors (Lipinski definition) is 0. The van der Waals surface area contributed by atoms with Gasteiger partial charge in [0.05, 0.1) is 12.8 Å². The minimum Gasteiger partial charge on any atom is -0.497 e. The molecule has 4 rings (SSSR count). The molecule has 200 valence electrons. The molecule has 9 nitrogen and oxygen atoms in total. The molecule has 1 fully saturated rings. The first-order valence-electron chi connectivity index (χ1n) is 12.9. The van der Waals surface area contributed by atoms with Crippen LogP contribution in [0.15, 0.2) is 53.3 Å². The highest BCUT2D eigenvalue weighted by Gasteiger charge is 2.32. The number of hydrogen-bond acceptors (Lipinski definition) is 7. The Bertz CT molecular complexity index is 1400. The number of ketones is 1. The first-order valence-corrected chi connectivity index (χ1v) is 12.9. The molecule has 1 aromatic heterocycles. The van der Waals surface area contributed by atoms with E-state index in [4.69, 9.17) is 4.74 Å². The zero-order chi connectivity index (χ0) is 27.4. The Morgan fingerprint density at radius 3 is 2.03 bits per heavy atom. The molecule has 1 aliphatic rings. The number of methoxy groups -OCH3 is 1. The van der Waals surface area contributed by atoms with Gasteiger partial charge in [0.25, 0.3) is 0 Å². The van der Waals surface area contributed by atoms with Gasteiger partial charge in [-0.05, 0) is 42.8 Å². The maximum absolute atomic E-state index is 13.8. The van der Waals surface area contributed by atoms with Gasteiger partial charge in [0.2, 0.25) is 17.6 Å². The molecule has 0 bridgehead atoms. The Kier molecular flexibility index (Phi) is 8.26. The fourth-order valence-electron chi connectivity index (χ4n) is 4.89. The van der Waals surface area contributed by atoms with Crippen LogP contribution in [0.4, 0.5) is 5.69 Å². The molecular weight excluding hydrogens is 484 g/mol. The Morgan fingerprint density at radius 1 is 0.842 bits per heavy atom. The fourth-order valence-corrected chi connectivity index (χ4v) is 4.89. The molecule has 0 unspecified atom stereocenters. The third kappa shape index (κ3) is 5.19. The van der Waals surface area contributed by atoms with Crippen molar-refractivity contribution in [2.75, 3.05) is 38.2 Å². The van der Waals surface area contributed by atoms with Crippen LogP contribution in [-0.2, 0) is 6.54 Å². The van der Waals surface area contributed by atoms with Crippen molar-refractivity contribution in [1.29, 1.82) is 0 Å². The van der Waals surface area contributed by atoms with Gasteiger partial charge in [-0.25, -0.2) is 13.9 Å². The highest BCUT2D eigenvalue weighted by Crippen LogP contribution is 2.23. The largest absolute Gasteiger partial charge is 0.497 e. The minimum absolute atomic E-state index is 0.0155. The van der Waals surface area contributed by atoms with Gasteiger partial charge in [-0.2, -0.15) is 0 Å². The summed E-state index contributed by atoms with van der Waals surface area (Å²) in [5.41, 5.74) is 2.11. The topological polar surface area (TPSA) is 93.8 Å². The Morgan fingerprint density at radius 2 is 1.45 bits per heavy atom. The summed E-state index contributed by atoms with van der Waals surface area (Å²) < 4.78 is 7.11. The van der Waals surface area contributed by atoms with Crippen molar-refractivity contribution < 1.29 is 19.1 Å². The van der Waals surface area contributed by atoms with Crippen molar-refractivity contribution in [1.82, 2.24) is 14.0 Å². The van der Waals surface area contributed by atoms with E-state index < -0.39 is 23.3 Å². The summed E-state index contributed by atoms with van der Waals surface area (Å²) in [6.07, 6.45) is 0.0795. The van der Waals surface area contributed by atoms with Crippen LogP contribution in [0.5, 0.6) is 5.75 Å². The van der Waals surface area contributed by atoms with Gasteiger partial charge in [0.15, 0.2) is 0 Å². The molecule has 0 N–H and O–H groups in total. The van der Waals surface area contributed by atoms with Gasteiger partial charge in [-0.1, -0.05) is 32.0 Å². The van der Waals surface area contributed by atoms with E-state index in [1.165, 1.54) is 18.4 Å². The fraction of sp³-hybridized carbons (Fsp3) is 0.379. The lowest BCUT2D eigenvalue weighted by molar-refractivity contribution is 0.0879. The van der Waals surface area contributed by atoms with Crippen LogP contribution in [0, 0.1) is 6.92 Å². The first-order chi connectivity index (χ1) is 18.3. The smallest absolute Gasteiger partial charge is 0.342 e. The van der Waals surface area contributed by atoms with Crippen LogP contribution >= 0.6 is 0 Å². The molecule has 1 aliphatic heterocycles. The number of benzene rings is 2. The van der Waals surface area contributed by atoms with E-state index in [1.807, 2.05) is 12.1 Å². The number of carbonyl (C=O) groups excluding carboxylic acids is 3. The zero-order valence-electron chi connectivity index (χ0n) is 22.4. The van der Waals surface area contributed by atoms with E-state index in [1.54, 1.807) is 38.1 Å². The van der Waals surface area contributed by atoms with E-state index in [2.05, 4.69) is 28.9 Å². The summed E-state index contributed by atoms with van der Waals surface area (Å²) in [6.45, 7) is 8.42. The number of imidazole rings is 1. The molecular formula is C29H34N4O5. The van der Waals surface area contributed by atoms with Crippen molar-refractivity contribution in [3.05, 3.63) is 81.5 Å². The summed E-state index contributed by atoms with van der Waals surface area (Å²) in [5.74, 6) is -0.882. The first kappa shape index (κ1) is 27.1. The second kappa shape index (κ2) is 11.6. The molecule has 2 heterocycles. The quantitative estimate of drug-likeness (QED) is 0.421. The van der Waals surface area contributed by atoms with E-state index in [9.17, 15) is 19.2 Å². The molecule has 3 aromatic rings. The second-order valence-electron chi connectivity index (χ2n) is 9.35. The number of para-hydroxylation sites is 1. The molecule has 0 spiro atoms. The molecule has 0 radical (unpaired) electrons. The van der Waals surface area contributed by atoms with Gasteiger partial charge >= 0.3 is 5.69 Å². The molecule has 1 saturated heterocycles. The lowest BCUT2D eigenvalue weighted by atomic mass is 10.1. The predicted octanol–water partition coefficient (Wildman–Crippen LogP) is 3.62. The normalized spacial score (nSPS) is 13.9. The van der Waals surface area contributed by atoms with Gasteiger partial charge in [0, 0.05) is 56.8 Å². The number of piperazine rings is 1. The molecule has 0 amide bonds. The number of aromatic nitrogens is 2. The zero-order valence-corrected chi connectivity index (χ0v) is 22.4. The maximum Gasteiger partial charge on any atom is 0.342 e. The molecule has 0 aliphatic carbocycles. The third-order valence-corrected chi connectivity index (χ3v) is 7.02. The van der Waals surface area contributed by atoms with Gasteiger partial charge in [0.1, 0.15) is 11.4 Å². The maximum atomic E-state index is 13.8. The van der Waals surface area contributed by atoms with Crippen molar-refractivity contribution in [3.8, 4) is 5.75 Å². The van der Waals surface area contributed by atoms with Crippen LogP contribution in [0.2, 0.25) is 0 Å². The Balaban J connectivity index is 1.73. The average Bonchev–Trinajstić information content (AvgIpc) is 3.23. The number of aryl methyl sites for hydroxylation is 1. The standard InChI is InChI=1S/C29H34N4O5/c1-5-25(34)32-24(19-30-15-17-31(18-16-30)23-10-8-7-9-20(23)3)27(33(29(32)37)26(35)6-2)28(36)21-11-13-22(38-4)14-12-21/h7-14H,5-6,15-19H2,1-4H3. The molecule has 9 heteroatoms. The van der Waals surface area contributed by atoms with E-state index in [0.717, 1.165) is 22.2 Å². The SMILES string of the molecule is CCC(=O)n1c(CN2CCN(c3ccccc3C)CC2)c(C(=O)c2ccc(OC)cc2)n(C(=O)CC)c1=O. The summed E-state index contributed by atoms with van der Waals surface area (Å²) in [4.78, 5) is 57.6. The number of rotatable bonds is 8. The lowest BCUT2D eigenvalue weighted by Gasteiger charge is -2.36. The minimum atomic E-state index is -0.783. The number of ether oxygens (including phenoxy) is 1. The van der Waals surface area contributed by atoms with Gasteiger partial charge < -0.3 is 9.64 Å². The van der Waals surface area contributed by atoms with Crippen LogP contribution in [0.3, 0.4) is 0 Å². The van der Waals surface area contributed by atoms with Crippen molar-refractivity contribution >= 4 is 23.3 Å². The summed E-state index contributed by atoms with van der Waals surface area (Å²) in [7, 11) is 1.53. The van der Waals surface area contributed by atoms with Gasteiger partial charge in [-0.3, -0.25) is 19.3 Å². The van der Waals surface area contributed by atoms with Crippen molar-refractivity contribution in [3.63, 3.8) is 0 Å². The average molecular weight is 519 g/mol. The summed E-state index contributed by atoms with van der Waals surface area (Å²) in [6, 6.07) is 14.7. The third-order valence-electron chi connectivity index (χ3n) is 7.02. The molecule has 38 heavy (non-hydrogen) atoms. The van der Waals surface area contributed by atoms with Crippen LogP contribution < -0.4 is 15.3 Å². The van der Waals surface area contributed by atoms with Crippen LogP contribution in [0.25, 0.3) is 0 Å². The number of nitrogens with zero attached hydrogens (tertiary/aromatic N) is 4. The predicted molar refractivity (Wildman–Crippen MR) is 146 cm³/mol. The van der Waals surface area contributed by atoms with Gasteiger partial charge in [-0.15, -0.1) is 0 Å². The van der Waals surface area contributed by atoms with Crippen LogP contribution in [0.1, 0.15) is 63.6 Å². The summed E-state index contributed by atoms with van der Waals surface area (Å²) in [5, 5.41) is 0. The summed E-state index contributed by atoms with van der Waals surface area (Å²) >= 11 is 0. The molecule has 0 saturated carbocycles. The molecule has 2 aromatic carbocycles. The van der Waals surface area contributed by atoms with Crippen LogP contribution in [-0.4, -0.2) is 64.9 Å². The Labute approximate surface area is 222 Å². The number of anilines is 1. The highest BCUT2D eigenvalue weighted by atomic mass is 16.5. The molecule has 0 atom stereocenters. The van der Waals surface area contributed by atoms with E-state index in [0.29, 0.717) is 24.4 Å². The number of carbonyl (C=O) groups is 3. The van der Waals surface area contributed by atoms with E-state index >= 15 is 0 Å². The van der Waals surface area contributed by atoms with Crippen molar-refractivity contribution in [2.45, 2.75) is 40.2 Å². The second-order valence-corrected chi connectivity index (χ2v) is 9.35. The monoisotopic (exact) mass is 518 g/mol. The van der Waals surface area contributed by atoms with Crippen molar-refractivity contribution in [2.24, 2.45) is 0 Å². The highest BCUT2D eigenvalue weighted by molar-refractivity contribution is 6.11. The van der Waals surface area contributed by atoms with E-state index in [-0.39, 0.29) is 30.8 Å². The Hall–Kier alpha value is -3.98. The lowest BCUT2D eigenvalue weighted by Crippen LogP contribution is -2.46.